The Morgan fingerprint density at radius 1 is 1.12 bits per heavy atom. The Bertz CT molecular complexity index is 932. The van der Waals surface area contributed by atoms with Crippen LogP contribution in [0.5, 0.6) is 11.5 Å². The molecule has 0 spiro atoms. The molecule has 0 aliphatic carbocycles. The Morgan fingerprint density at radius 3 is 2.69 bits per heavy atom. The molecule has 1 unspecified atom stereocenters. The summed E-state index contributed by atoms with van der Waals surface area (Å²) in [6.07, 6.45) is 1.48. The summed E-state index contributed by atoms with van der Waals surface area (Å²) in [5.74, 6) is 1.08. The molecular weight excluding hydrogens is 330 g/mol. The van der Waals surface area contributed by atoms with Gasteiger partial charge in [0.1, 0.15) is 17.2 Å². The van der Waals surface area contributed by atoms with E-state index in [1.807, 2.05) is 32.9 Å². The maximum Gasteiger partial charge on any atom is 0.175 e. The molecule has 0 radical (unpaired) electrons. The highest BCUT2D eigenvalue weighted by atomic mass is 16.5. The number of benzene rings is 2. The van der Waals surface area contributed by atoms with E-state index < -0.39 is 0 Å². The van der Waals surface area contributed by atoms with Crippen LogP contribution in [0.1, 0.15) is 38.2 Å². The second kappa shape index (κ2) is 6.24. The zero-order valence-electron chi connectivity index (χ0n) is 15.2. The van der Waals surface area contributed by atoms with E-state index in [1.54, 1.807) is 0 Å². The molecule has 0 fully saturated rings. The first-order valence-electron chi connectivity index (χ1n) is 8.90. The molecule has 0 saturated heterocycles. The summed E-state index contributed by atoms with van der Waals surface area (Å²) in [6, 6.07) is 6.07. The van der Waals surface area contributed by atoms with Gasteiger partial charge in [0.15, 0.2) is 5.78 Å². The van der Waals surface area contributed by atoms with Gasteiger partial charge in [-0.1, -0.05) is 12.1 Å². The average molecular weight is 351 g/mol. The second-order valence-electron chi connectivity index (χ2n) is 7.14. The van der Waals surface area contributed by atoms with Crippen LogP contribution in [0.2, 0.25) is 0 Å². The number of carbonyl (C=O) groups is 1. The molecule has 2 heterocycles. The minimum absolute atomic E-state index is 0.0520. The summed E-state index contributed by atoms with van der Waals surface area (Å²) in [4.78, 5) is 24.6. The van der Waals surface area contributed by atoms with E-state index in [4.69, 9.17) is 9.47 Å². The lowest BCUT2D eigenvalue weighted by atomic mass is 9.85. The number of hydrogen-bond acceptors (Lipinski definition) is 5. The van der Waals surface area contributed by atoms with Crippen LogP contribution in [0.3, 0.4) is 0 Å². The highest BCUT2D eigenvalue weighted by Crippen LogP contribution is 2.42. The van der Waals surface area contributed by atoms with E-state index in [0.717, 1.165) is 34.4 Å². The number of rotatable bonds is 3. The Morgan fingerprint density at radius 2 is 1.92 bits per heavy atom. The molecule has 4 rings (SSSR count). The molecule has 0 N–H and O–H groups in total. The Hall–Kier alpha value is -2.69. The van der Waals surface area contributed by atoms with Crippen LogP contribution >= 0.6 is 0 Å². The van der Waals surface area contributed by atoms with Crippen molar-refractivity contribution >= 4 is 11.5 Å². The van der Waals surface area contributed by atoms with E-state index in [1.165, 1.54) is 5.56 Å². The number of nitrogens with zero attached hydrogens (tertiary/aromatic N) is 1. The Labute approximate surface area is 152 Å². The molecule has 2 aliphatic heterocycles. The van der Waals surface area contributed by atoms with Crippen molar-refractivity contribution in [3.63, 3.8) is 0 Å². The van der Waals surface area contributed by atoms with E-state index in [9.17, 15) is 9.70 Å². The van der Waals surface area contributed by atoms with Crippen LogP contribution in [-0.2, 0) is 12.8 Å². The van der Waals surface area contributed by atoms with Gasteiger partial charge < -0.3 is 9.47 Å². The fourth-order valence-corrected chi connectivity index (χ4v) is 3.90. The van der Waals surface area contributed by atoms with Crippen molar-refractivity contribution in [2.24, 2.45) is 11.1 Å². The molecule has 2 aliphatic rings. The van der Waals surface area contributed by atoms with Gasteiger partial charge in [0.25, 0.3) is 0 Å². The number of Topliss-reactive ketones (excluding diaryl/α,β-unsaturated/α-hetero) is 1. The highest BCUT2D eigenvalue weighted by Gasteiger charge is 2.34. The summed E-state index contributed by atoms with van der Waals surface area (Å²) in [5.41, 5.74) is 5.45. The SMILES string of the molecule is Cc1c(C)c(N=O)c2c(c1C)OCC(Cc1ccc3c(c1)CCO3)C2=O. The van der Waals surface area contributed by atoms with E-state index >= 15 is 0 Å². The molecule has 26 heavy (non-hydrogen) atoms. The lowest BCUT2D eigenvalue weighted by Crippen LogP contribution is -2.30. The predicted molar refractivity (Wildman–Crippen MR) is 98.8 cm³/mol. The first kappa shape index (κ1) is 16.8. The topological polar surface area (TPSA) is 65.0 Å². The van der Waals surface area contributed by atoms with Gasteiger partial charge in [0.05, 0.1) is 24.7 Å². The largest absolute Gasteiger partial charge is 0.493 e. The van der Waals surface area contributed by atoms with Crippen molar-refractivity contribution in [2.45, 2.75) is 33.6 Å². The van der Waals surface area contributed by atoms with Gasteiger partial charge in [-0.2, -0.15) is 0 Å². The Balaban J connectivity index is 1.69. The molecule has 0 aromatic heterocycles. The van der Waals surface area contributed by atoms with Gasteiger partial charge in [-0.25, -0.2) is 0 Å². The Kier molecular flexibility index (Phi) is 4.02. The number of nitroso groups, excluding NO2 is 1. The lowest BCUT2D eigenvalue weighted by molar-refractivity contribution is 0.0830. The molecule has 0 saturated carbocycles. The fraction of sp³-hybridized carbons (Fsp3) is 0.381. The first-order chi connectivity index (χ1) is 12.5. The average Bonchev–Trinajstić information content (AvgIpc) is 3.10. The number of ketones is 1. The van der Waals surface area contributed by atoms with Crippen molar-refractivity contribution in [3.05, 3.63) is 56.5 Å². The molecule has 134 valence electrons. The van der Waals surface area contributed by atoms with Crippen molar-refractivity contribution in [2.75, 3.05) is 13.2 Å². The third-order valence-corrected chi connectivity index (χ3v) is 5.66. The molecule has 1 atom stereocenters. The van der Waals surface area contributed by atoms with Crippen molar-refractivity contribution in [3.8, 4) is 11.5 Å². The highest BCUT2D eigenvalue weighted by molar-refractivity contribution is 6.07. The summed E-state index contributed by atoms with van der Waals surface area (Å²) in [5, 5.41) is 3.16. The van der Waals surface area contributed by atoms with Crippen molar-refractivity contribution < 1.29 is 14.3 Å². The zero-order valence-corrected chi connectivity index (χ0v) is 15.2. The first-order valence-corrected chi connectivity index (χ1v) is 8.90. The third-order valence-electron chi connectivity index (χ3n) is 5.66. The number of carbonyl (C=O) groups excluding carboxylic acids is 1. The maximum atomic E-state index is 13.1. The zero-order chi connectivity index (χ0) is 18.4. The molecule has 5 nitrogen and oxygen atoms in total. The third kappa shape index (κ3) is 2.50. The van der Waals surface area contributed by atoms with E-state index in [-0.39, 0.29) is 17.4 Å². The van der Waals surface area contributed by atoms with E-state index in [0.29, 0.717) is 30.9 Å². The number of hydrogen-bond donors (Lipinski definition) is 0. The monoisotopic (exact) mass is 351 g/mol. The molecular formula is C21H21NO4. The predicted octanol–water partition coefficient (Wildman–Crippen LogP) is 4.38. The normalized spacial score (nSPS) is 18.0. The summed E-state index contributed by atoms with van der Waals surface area (Å²) in [7, 11) is 0. The van der Waals surface area contributed by atoms with Gasteiger partial charge in [-0.05, 0) is 66.3 Å². The standard InChI is InChI=1S/C21H21NO4/c1-11-12(2)19(22-24)18-20(23)16(10-26-21(18)13(11)3)9-14-4-5-17-15(8-14)6-7-25-17/h4-5,8,16H,6-7,9-10H2,1-3H3. The van der Waals surface area contributed by atoms with Crippen molar-refractivity contribution in [1.29, 1.82) is 0 Å². The van der Waals surface area contributed by atoms with Crippen LogP contribution < -0.4 is 9.47 Å². The lowest BCUT2D eigenvalue weighted by Gasteiger charge is -2.28. The minimum atomic E-state index is -0.315. The molecule has 0 amide bonds. The van der Waals surface area contributed by atoms with Crippen LogP contribution in [0.25, 0.3) is 0 Å². The number of ether oxygens (including phenoxy) is 2. The van der Waals surface area contributed by atoms with Crippen LogP contribution in [-0.4, -0.2) is 19.0 Å². The number of fused-ring (bicyclic) bond motifs is 2. The minimum Gasteiger partial charge on any atom is -0.493 e. The van der Waals surface area contributed by atoms with Crippen LogP contribution in [0.15, 0.2) is 23.4 Å². The molecule has 2 aromatic carbocycles. The van der Waals surface area contributed by atoms with Gasteiger partial charge >= 0.3 is 0 Å². The molecule has 2 aromatic rings. The van der Waals surface area contributed by atoms with Gasteiger partial charge in [-0.15, -0.1) is 4.91 Å². The van der Waals surface area contributed by atoms with E-state index in [2.05, 4.69) is 11.2 Å². The smallest absolute Gasteiger partial charge is 0.175 e. The molecule has 5 heteroatoms. The summed E-state index contributed by atoms with van der Waals surface area (Å²) in [6.45, 7) is 6.71. The van der Waals surface area contributed by atoms with Crippen LogP contribution in [0.4, 0.5) is 5.69 Å². The fourth-order valence-electron chi connectivity index (χ4n) is 3.90. The maximum absolute atomic E-state index is 13.1. The molecule has 0 bridgehead atoms. The quantitative estimate of drug-likeness (QED) is 0.770. The second-order valence-corrected chi connectivity index (χ2v) is 7.14. The van der Waals surface area contributed by atoms with Gasteiger partial charge in [0.2, 0.25) is 0 Å². The summed E-state index contributed by atoms with van der Waals surface area (Å²) < 4.78 is 11.5. The van der Waals surface area contributed by atoms with Gasteiger partial charge in [0, 0.05) is 6.42 Å². The van der Waals surface area contributed by atoms with Crippen LogP contribution in [0, 0.1) is 31.6 Å². The van der Waals surface area contributed by atoms with Crippen molar-refractivity contribution in [1.82, 2.24) is 0 Å². The summed E-state index contributed by atoms with van der Waals surface area (Å²) >= 11 is 0. The van der Waals surface area contributed by atoms with Gasteiger partial charge in [-0.3, -0.25) is 4.79 Å².